The average Bonchev–Trinajstić information content (AvgIpc) is 2.68. The number of aryl methyl sites for hydroxylation is 1. The van der Waals surface area contributed by atoms with Crippen LogP contribution in [0.25, 0.3) is 11.6 Å². The van der Waals surface area contributed by atoms with E-state index in [1.165, 1.54) is 18.2 Å². The van der Waals surface area contributed by atoms with Gasteiger partial charge in [-0.15, -0.1) is 0 Å². The minimum atomic E-state index is -0.949. The molecule has 0 nitrogen and oxygen atoms in total. The van der Waals surface area contributed by atoms with E-state index >= 15 is 0 Å². The Morgan fingerprint density at radius 1 is 0.786 bits per heavy atom. The predicted octanol–water partition coefficient (Wildman–Crippen LogP) is 7.41. The lowest BCUT2D eigenvalue weighted by Crippen LogP contribution is -2.13. The van der Waals surface area contributed by atoms with E-state index in [1.54, 1.807) is 6.08 Å². The number of rotatable bonds is 3. The Balaban J connectivity index is 1.64. The maximum atomic E-state index is 14.9. The van der Waals surface area contributed by atoms with Crippen LogP contribution in [-0.2, 0) is 6.42 Å². The van der Waals surface area contributed by atoms with Gasteiger partial charge in [-0.3, -0.25) is 0 Å². The maximum Gasteiger partial charge on any atom is 0.159 e. The van der Waals surface area contributed by atoms with E-state index in [4.69, 9.17) is 0 Å². The summed E-state index contributed by atoms with van der Waals surface area (Å²) in [4.78, 5) is 0. The van der Waals surface area contributed by atoms with E-state index in [-0.39, 0.29) is 11.5 Å². The molecule has 0 bridgehead atoms. The zero-order chi connectivity index (χ0) is 19.8. The van der Waals surface area contributed by atoms with Crippen LogP contribution in [0.4, 0.5) is 17.6 Å². The van der Waals surface area contributed by atoms with Crippen molar-refractivity contribution < 1.29 is 17.6 Å². The van der Waals surface area contributed by atoms with Gasteiger partial charge in [0.05, 0.1) is 0 Å². The van der Waals surface area contributed by atoms with Crippen molar-refractivity contribution in [3.05, 3.63) is 69.8 Å². The summed E-state index contributed by atoms with van der Waals surface area (Å²) in [7, 11) is 0. The van der Waals surface area contributed by atoms with Crippen LogP contribution >= 0.6 is 0 Å². The first-order valence-electron chi connectivity index (χ1n) is 10.1. The Kier molecular flexibility index (Phi) is 5.31. The molecule has 0 amide bonds. The van der Waals surface area contributed by atoms with Crippen molar-refractivity contribution in [2.75, 3.05) is 0 Å². The average molecular weight is 388 g/mol. The Morgan fingerprint density at radius 2 is 1.43 bits per heavy atom. The lowest BCUT2D eigenvalue weighted by atomic mass is 9.77. The summed E-state index contributed by atoms with van der Waals surface area (Å²) in [6.45, 7) is 2.19. The molecule has 0 aliphatic heterocycles. The number of fused-ring (bicyclic) bond motifs is 1. The largest absolute Gasteiger partial charge is 0.206 e. The van der Waals surface area contributed by atoms with E-state index in [0.29, 0.717) is 29.5 Å². The van der Waals surface area contributed by atoms with Crippen LogP contribution in [0, 0.1) is 29.2 Å². The van der Waals surface area contributed by atoms with Crippen molar-refractivity contribution in [2.45, 2.75) is 57.8 Å². The number of hydrogen-bond acceptors (Lipinski definition) is 0. The first-order chi connectivity index (χ1) is 13.5. The Bertz CT molecular complexity index is 897. The van der Waals surface area contributed by atoms with Gasteiger partial charge >= 0.3 is 0 Å². The van der Waals surface area contributed by atoms with Gasteiger partial charge in [-0.25, -0.2) is 17.6 Å². The molecule has 0 N–H and O–H groups in total. The molecule has 1 fully saturated rings. The molecule has 28 heavy (non-hydrogen) atoms. The van der Waals surface area contributed by atoms with Gasteiger partial charge in [0.2, 0.25) is 0 Å². The second-order valence-corrected chi connectivity index (χ2v) is 8.12. The molecule has 2 aliphatic rings. The molecule has 0 radical (unpaired) electrons. The van der Waals surface area contributed by atoms with Gasteiger partial charge in [0.15, 0.2) is 11.6 Å². The molecule has 148 valence electrons. The van der Waals surface area contributed by atoms with Gasteiger partial charge in [-0.05, 0) is 96.9 Å². The SMILES string of the molecule is CCC1CCC(c2cc(F)c(C3=Cc4cc(F)c(F)cc4CC3)c(F)c2)CC1. The normalized spacial score (nSPS) is 22.0. The van der Waals surface area contributed by atoms with Crippen molar-refractivity contribution in [2.24, 2.45) is 5.92 Å². The van der Waals surface area contributed by atoms with E-state index < -0.39 is 23.3 Å². The Morgan fingerprint density at radius 3 is 2.07 bits per heavy atom. The van der Waals surface area contributed by atoms with Gasteiger partial charge < -0.3 is 0 Å². The van der Waals surface area contributed by atoms with Crippen LogP contribution in [0.3, 0.4) is 0 Å². The lowest BCUT2D eigenvalue weighted by molar-refractivity contribution is 0.318. The van der Waals surface area contributed by atoms with Crippen LogP contribution in [0.2, 0.25) is 0 Å². The van der Waals surface area contributed by atoms with Crippen LogP contribution < -0.4 is 0 Å². The van der Waals surface area contributed by atoms with Crippen LogP contribution in [-0.4, -0.2) is 0 Å². The van der Waals surface area contributed by atoms with Crippen molar-refractivity contribution in [1.29, 1.82) is 0 Å². The van der Waals surface area contributed by atoms with Gasteiger partial charge in [-0.2, -0.15) is 0 Å². The molecule has 0 heterocycles. The van der Waals surface area contributed by atoms with Crippen LogP contribution in [0.15, 0.2) is 24.3 Å². The summed E-state index contributed by atoms with van der Waals surface area (Å²) < 4.78 is 56.8. The minimum absolute atomic E-state index is 0.0404. The number of halogens is 4. The van der Waals surface area contributed by atoms with E-state index in [2.05, 4.69) is 6.92 Å². The molecule has 1 saturated carbocycles. The maximum absolute atomic E-state index is 14.9. The monoisotopic (exact) mass is 388 g/mol. The summed E-state index contributed by atoms with van der Waals surface area (Å²) in [5.74, 6) is -2.04. The number of hydrogen-bond donors (Lipinski definition) is 0. The van der Waals surface area contributed by atoms with Crippen molar-refractivity contribution in [1.82, 2.24) is 0 Å². The third-order valence-electron chi connectivity index (χ3n) is 6.46. The highest BCUT2D eigenvalue weighted by Gasteiger charge is 2.25. The summed E-state index contributed by atoms with van der Waals surface area (Å²) in [6.07, 6.45) is 7.72. The highest BCUT2D eigenvalue weighted by Crippen LogP contribution is 2.40. The fraction of sp³-hybridized carbons (Fsp3) is 0.417. The molecule has 2 aromatic carbocycles. The fourth-order valence-electron chi connectivity index (χ4n) is 4.72. The zero-order valence-electron chi connectivity index (χ0n) is 16.0. The van der Waals surface area contributed by atoms with Crippen molar-refractivity contribution in [3.63, 3.8) is 0 Å². The highest BCUT2D eigenvalue weighted by molar-refractivity contribution is 5.85. The molecule has 4 rings (SSSR count). The molecule has 2 aromatic rings. The molecular formula is C24H24F4. The number of benzene rings is 2. The van der Waals surface area contributed by atoms with Crippen LogP contribution in [0.1, 0.15) is 73.6 Å². The third kappa shape index (κ3) is 3.61. The molecule has 0 spiro atoms. The smallest absolute Gasteiger partial charge is 0.159 e. The van der Waals surface area contributed by atoms with Gasteiger partial charge in [-0.1, -0.05) is 19.4 Å². The van der Waals surface area contributed by atoms with E-state index in [1.807, 2.05) is 0 Å². The summed E-state index contributed by atoms with van der Waals surface area (Å²) >= 11 is 0. The second kappa shape index (κ2) is 7.73. The molecule has 0 aromatic heterocycles. The molecule has 0 atom stereocenters. The molecule has 0 saturated heterocycles. The standard InChI is InChI=1S/C24H24F4/c1-2-14-3-5-15(6-4-14)19-12-22(27)24(23(28)13-19)17-8-7-16-10-20(25)21(26)11-18(16)9-17/h9-15H,2-8H2,1H3. The Labute approximate surface area is 163 Å². The topological polar surface area (TPSA) is 0 Å². The van der Waals surface area contributed by atoms with Crippen molar-refractivity contribution in [3.8, 4) is 0 Å². The quantitative estimate of drug-likeness (QED) is 0.480. The number of allylic oxidation sites excluding steroid dienone is 1. The zero-order valence-corrected chi connectivity index (χ0v) is 16.0. The summed E-state index contributed by atoms with van der Waals surface area (Å²) in [5.41, 5.74) is 2.34. The van der Waals surface area contributed by atoms with E-state index in [9.17, 15) is 17.6 Å². The summed E-state index contributed by atoms with van der Waals surface area (Å²) in [6, 6.07) is 5.20. The van der Waals surface area contributed by atoms with Gasteiger partial charge in [0.25, 0.3) is 0 Å². The minimum Gasteiger partial charge on any atom is -0.206 e. The third-order valence-corrected chi connectivity index (χ3v) is 6.46. The molecule has 2 aliphatic carbocycles. The van der Waals surface area contributed by atoms with Crippen LogP contribution in [0.5, 0.6) is 0 Å². The molecule has 0 unspecified atom stereocenters. The predicted molar refractivity (Wildman–Crippen MR) is 104 cm³/mol. The molecule has 4 heteroatoms. The highest BCUT2D eigenvalue weighted by atomic mass is 19.2. The lowest BCUT2D eigenvalue weighted by Gasteiger charge is -2.28. The Hall–Kier alpha value is -2.10. The summed E-state index contributed by atoms with van der Waals surface area (Å²) in [5, 5.41) is 0. The second-order valence-electron chi connectivity index (χ2n) is 8.12. The first-order valence-corrected chi connectivity index (χ1v) is 10.1. The first kappa shape index (κ1) is 19.2. The van der Waals surface area contributed by atoms with Gasteiger partial charge in [0.1, 0.15) is 11.6 Å². The molecular weight excluding hydrogens is 364 g/mol. The fourth-order valence-corrected chi connectivity index (χ4v) is 4.72. The van der Waals surface area contributed by atoms with E-state index in [0.717, 1.165) is 49.7 Å². The van der Waals surface area contributed by atoms with Crippen molar-refractivity contribution >= 4 is 11.6 Å². The van der Waals surface area contributed by atoms with Gasteiger partial charge in [0, 0.05) is 5.56 Å².